The number of aryl methyl sites for hydroxylation is 1. The van der Waals surface area contributed by atoms with E-state index in [1.807, 2.05) is 0 Å². The van der Waals surface area contributed by atoms with Crippen LogP contribution in [0.3, 0.4) is 0 Å². The van der Waals surface area contributed by atoms with E-state index < -0.39 is 26.7 Å². The van der Waals surface area contributed by atoms with Gasteiger partial charge in [0.15, 0.2) is 15.9 Å². The molecular formula is C30H34FN3O6S2. The number of methoxy groups -OCH3 is 1. The largest absolute Gasteiger partial charge is 0.508 e. The lowest BCUT2D eigenvalue weighted by Gasteiger charge is -2.33. The molecule has 0 spiro atoms. The first-order valence-electron chi connectivity index (χ1n) is 13.8. The van der Waals surface area contributed by atoms with E-state index in [2.05, 4.69) is 52.5 Å². The van der Waals surface area contributed by atoms with Gasteiger partial charge in [0.25, 0.3) is 0 Å². The molecule has 2 N–H and O–H groups in total. The molecule has 1 atom stereocenters. The van der Waals surface area contributed by atoms with Crippen molar-refractivity contribution in [3.63, 3.8) is 0 Å². The van der Waals surface area contributed by atoms with Crippen LogP contribution in [0.25, 0.3) is 10.1 Å². The Hall–Kier alpha value is -3.53. The fourth-order valence-corrected chi connectivity index (χ4v) is 7.33. The van der Waals surface area contributed by atoms with Crippen LogP contribution in [0, 0.1) is 17.7 Å². The minimum atomic E-state index is -3.72. The van der Waals surface area contributed by atoms with E-state index in [4.69, 9.17) is 14.2 Å². The highest BCUT2D eigenvalue weighted by atomic mass is 32.2. The zero-order valence-electron chi connectivity index (χ0n) is 23.8. The van der Waals surface area contributed by atoms with Crippen LogP contribution >= 0.6 is 11.3 Å². The Kier molecular flexibility index (Phi) is 9.11. The van der Waals surface area contributed by atoms with Crippen LogP contribution in [0.5, 0.6) is 5.75 Å². The van der Waals surface area contributed by atoms with Crippen molar-refractivity contribution in [2.45, 2.75) is 43.2 Å². The van der Waals surface area contributed by atoms with Gasteiger partial charge in [-0.2, -0.15) is 0 Å². The van der Waals surface area contributed by atoms with Gasteiger partial charge in [0, 0.05) is 44.1 Å². The maximum atomic E-state index is 14.4. The minimum Gasteiger partial charge on any atom is -0.495 e. The summed E-state index contributed by atoms with van der Waals surface area (Å²) in [7, 11) is -2.32. The number of thiophene rings is 1. The summed E-state index contributed by atoms with van der Waals surface area (Å²) in [6.45, 7) is 5.20. The third kappa shape index (κ3) is 6.75. The van der Waals surface area contributed by atoms with Gasteiger partial charge < -0.3 is 24.8 Å². The number of rotatable bonds is 9. The van der Waals surface area contributed by atoms with Gasteiger partial charge in [0.2, 0.25) is 0 Å². The molecule has 5 rings (SSSR count). The lowest BCUT2D eigenvalue weighted by molar-refractivity contribution is 0.0945. The number of ether oxygens (including phenoxy) is 3. The van der Waals surface area contributed by atoms with Crippen molar-refractivity contribution in [2.24, 2.45) is 0 Å². The molecule has 0 bridgehead atoms. The SMILES string of the molecule is CCc1c(C#CCNc2cc(F)c(S(C)(=O)=O)cc2OC)sc2c(NC3CCN(CC4COC(=O)O4)CC3)cccc12. The number of piperidine rings is 1. The number of anilines is 2. The fourth-order valence-electron chi connectivity index (χ4n) is 5.35. The number of sulfone groups is 1. The van der Waals surface area contributed by atoms with Gasteiger partial charge in [-0.05, 0) is 36.3 Å². The molecule has 0 aliphatic carbocycles. The van der Waals surface area contributed by atoms with Crippen LogP contribution in [0.4, 0.5) is 20.6 Å². The summed E-state index contributed by atoms with van der Waals surface area (Å²) in [5.41, 5.74) is 2.62. The molecule has 2 saturated heterocycles. The number of halogens is 1. The zero-order chi connectivity index (χ0) is 29.9. The molecule has 224 valence electrons. The van der Waals surface area contributed by atoms with E-state index in [0.717, 1.165) is 55.2 Å². The number of carbonyl (C=O) groups excluding carboxylic acids is 1. The second-order valence-electron chi connectivity index (χ2n) is 10.4. The highest BCUT2D eigenvalue weighted by Crippen LogP contribution is 2.37. The highest BCUT2D eigenvalue weighted by molar-refractivity contribution is 7.90. The molecule has 42 heavy (non-hydrogen) atoms. The molecule has 2 aliphatic rings. The molecule has 12 heteroatoms. The number of hydrogen-bond donors (Lipinski definition) is 2. The van der Waals surface area contributed by atoms with E-state index in [1.165, 1.54) is 28.8 Å². The Bertz CT molecular complexity index is 1640. The molecule has 3 aromatic rings. The Morgan fingerprint density at radius 2 is 2.00 bits per heavy atom. The molecule has 2 fully saturated rings. The number of nitrogens with zero attached hydrogens (tertiary/aromatic N) is 1. The molecule has 1 unspecified atom stereocenters. The number of carbonyl (C=O) groups is 1. The summed E-state index contributed by atoms with van der Waals surface area (Å²) in [6.07, 6.45) is 2.99. The summed E-state index contributed by atoms with van der Waals surface area (Å²) < 4.78 is 54.6. The second kappa shape index (κ2) is 12.8. The number of nitrogens with one attached hydrogen (secondary N) is 2. The quantitative estimate of drug-likeness (QED) is 0.257. The highest BCUT2D eigenvalue weighted by Gasteiger charge is 2.29. The second-order valence-corrected chi connectivity index (χ2v) is 13.4. The molecule has 2 aliphatic heterocycles. The topological polar surface area (TPSA) is 106 Å². The molecule has 3 heterocycles. The smallest absolute Gasteiger partial charge is 0.495 e. The van der Waals surface area contributed by atoms with Crippen molar-refractivity contribution >= 4 is 48.8 Å². The lowest BCUT2D eigenvalue weighted by atomic mass is 10.0. The standard InChI is InChI=1S/C30H34FN3O6S2/c1-4-21-22-7-5-8-24(33-19-10-13-34(14-11-19)17-20-18-39-30(35)40-20)29(22)41-27(21)9-6-12-32-25-15-23(31)28(42(3,36)37)16-26(25)38-2/h5,7-8,15-16,19-20,32-33H,4,10-14,17-18H2,1-3H3. The van der Waals surface area contributed by atoms with Gasteiger partial charge in [0.1, 0.15) is 23.1 Å². The Labute approximate surface area is 249 Å². The van der Waals surface area contributed by atoms with Crippen molar-refractivity contribution in [1.29, 1.82) is 0 Å². The Balaban J connectivity index is 1.25. The maximum Gasteiger partial charge on any atom is 0.508 e. The molecule has 1 aromatic heterocycles. The van der Waals surface area contributed by atoms with E-state index >= 15 is 0 Å². The average Bonchev–Trinajstić information content (AvgIpc) is 3.54. The van der Waals surface area contributed by atoms with Gasteiger partial charge in [-0.15, -0.1) is 11.3 Å². The normalized spacial score (nSPS) is 17.8. The predicted octanol–water partition coefficient (Wildman–Crippen LogP) is 4.89. The predicted molar refractivity (Wildman–Crippen MR) is 162 cm³/mol. The number of hydrogen-bond acceptors (Lipinski definition) is 10. The van der Waals surface area contributed by atoms with E-state index in [9.17, 15) is 17.6 Å². The monoisotopic (exact) mass is 615 g/mol. The molecule has 9 nitrogen and oxygen atoms in total. The zero-order valence-corrected chi connectivity index (χ0v) is 25.4. The third-order valence-corrected chi connectivity index (χ3v) is 9.76. The van der Waals surface area contributed by atoms with Crippen molar-refractivity contribution < 1.29 is 31.8 Å². The Morgan fingerprint density at radius 1 is 1.21 bits per heavy atom. The minimum absolute atomic E-state index is 0.187. The molecular weight excluding hydrogens is 581 g/mol. The molecule has 2 aromatic carbocycles. The molecule has 0 amide bonds. The van der Waals surface area contributed by atoms with Gasteiger partial charge >= 0.3 is 6.16 Å². The van der Waals surface area contributed by atoms with Crippen molar-refractivity contribution in [2.75, 3.05) is 56.8 Å². The van der Waals surface area contributed by atoms with Crippen LogP contribution in [-0.2, 0) is 25.7 Å². The average molecular weight is 616 g/mol. The maximum absolute atomic E-state index is 14.4. The van der Waals surface area contributed by atoms with E-state index in [0.29, 0.717) is 24.9 Å². The fraction of sp³-hybridized carbons (Fsp3) is 0.433. The van der Waals surface area contributed by atoms with Crippen molar-refractivity contribution in [3.05, 3.63) is 46.6 Å². The third-order valence-electron chi connectivity index (χ3n) is 7.45. The van der Waals surface area contributed by atoms with Crippen molar-refractivity contribution in [1.82, 2.24) is 4.90 Å². The van der Waals surface area contributed by atoms with Crippen LogP contribution < -0.4 is 15.4 Å². The first-order valence-corrected chi connectivity index (χ1v) is 16.5. The summed E-state index contributed by atoms with van der Waals surface area (Å²) in [5, 5.41) is 7.98. The van der Waals surface area contributed by atoms with E-state index in [-0.39, 0.29) is 18.4 Å². The molecule has 0 saturated carbocycles. The van der Waals surface area contributed by atoms with E-state index in [1.54, 1.807) is 11.3 Å². The van der Waals surface area contributed by atoms with Crippen LogP contribution in [0.1, 0.15) is 30.2 Å². The van der Waals surface area contributed by atoms with Crippen LogP contribution in [0.2, 0.25) is 0 Å². The first kappa shape index (κ1) is 29.9. The summed E-state index contributed by atoms with van der Waals surface area (Å²) in [6, 6.07) is 8.95. The first-order chi connectivity index (χ1) is 20.2. The van der Waals surface area contributed by atoms with Gasteiger partial charge in [-0.1, -0.05) is 30.9 Å². The van der Waals surface area contributed by atoms with Gasteiger partial charge in [0.05, 0.1) is 34.6 Å². The van der Waals surface area contributed by atoms with Crippen molar-refractivity contribution in [3.8, 4) is 17.6 Å². The molecule has 0 radical (unpaired) electrons. The Morgan fingerprint density at radius 3 is 2.67 bits per heavy atom. The summed E-state index contributed by atoms with van der Waals surface area (Å²) in [5.74, 6) is 5.79. The van der Waals surface area contributed by atoms with Crippen LogP contribution in [-0.4, -0.2) is 77.8 Å². The number of fused-ring (bicyclic) bond motifs is 1. The number of cyclic esters (lactones) is 2. The van der Waals surface area contributed by atoms with Gasteiger partial charge in [-0.3, -0.25) is 4.90 Å². The summed E-state index contributed by atoms with van der Waals surface area (Å²) >= 11 is 1.66. The lowest BCUT2D eigenvalue weighted by Crippen LogP contribution is -2.43. The summed E-state index contributed by atoms with van der Waals surface area (Å²) in [4.78, 5) is 14.1. The number of likely N-dealkylation sites (tertiary alicyclic amines) is 1. The van der Waals surface area contributed by atoms with Crippen LogP contribution in [0.15, 0.2) is 35.2 Å². The number of benzene rings is 2. The van der Waals surface area contributed by atoms with Gasteiger partial charge in [-0.25, -0.2) is 17.6 Å².